The van der Waals surface area contributed by atoms with Crippen LogP contribution in [0.2, 0.25) is 0 Å². The van der Waals surface area contributed by atoms with Crippen LogP contribution < -0.4 is 14.2 Å². The fourth-order valence-electron chi connectivity index (χ4n) is 4.08. The van der Waals surface area contributed by atoms with Gasteiger partial charge in [-0.3, -0.25) is 0 Å². The molecule has 0 spiro atoms. The van der Waals surface area contributed by atoms with Crippen molar-refractivity contribution in [2.45, 2.75) is 42.0 Å². The van der Waals surface area contributed by atoms with E-state index in [1.807, 2.05) is 0 Å². The minimum Gasteiger partial charge on any atom is -0.486 e. The van der Waals surface area contributed by atoms with E-state index in [-0.39, 0.29) is 17.8 Å². The van der Waals surface area contributed by atoms with Crippen molar-refractivity contribution >= 4 is 16.0 Å². The summed E-state index contributed by atoms with van der Waals surface area (Å²) in [5.41, 5.74) is -0.378. The van der Waals surface area contributed by atoms with Gasteiger partial charge in [-0.05, 0) is 37.1 Å². The summed E-state index contributed by atoms with van der Waals surface area (Å²) in [5.74, 6) is -0.915. The van der Waals surface area contributed by atoms with E-state index in [2.05, 4.69) is 4.72 Å². The van der Waals surface area contributed by atoms with Crippen LogP contribution in [-0.2, 0) is 21.0 Å². The first-order valence-corrected chi connectivity index (χ1v) is 10.9. The Morgan fingerprint density at radius 1 is 1.19 bits per heavy atom. The van der Waals surface area contributed by atoms with Crippen LogP contribution in [0, 0.1) is 0 Å². The molecule has 7 nitrogen and oxygen atoms in total. The van der Waals surface area contributed by atoms with Crippen LogP contribution in [0.3, 0.4) is 0 Å². The van der Waals surface area contributed by atoms with E-state index in [9.17, 15) is 26.4 Å². The molecule has 2 N–H and O–H groups in total. The second-order valence-electron chi connectivity index (χ2n) is 7.37. The number of halogens is 3. The summed E-state index contributed by atoms with van der Waals surface area (Å²) in [6.07, 6.45) is -4.05. The van der Waals surface area contributed by atoms with Crippen molar-refractivity contribution in [1.29, 1.82) is 0 Å². The van der Waals surface area contributed by atoms with Crippen LogP contribution >= 0.6 is 0 Å². The maximum atomic E-state index is 13.0. The second-order valence-corrected chi connectivity index (χ2v) is 9.08. The van der Waals surface area contributed by atoms with E-state index in [0.717, 1.165) is 18.2 Å². The number of sulfonamides is 1. The Morgan fingerprint density at radius 3 is 2.65 bits per heavy atom. The maximum absolute atomic E-state index is 13.0. The molecule has 2 aromatic carbocycles. The molecular formula is C20H18F3NO6S. The number of carboxylic acid groups (broad SMARTS) is 1. The molecule has 166 valence electrons. The number of aliphatic carboxylic acids is 1. The van der Waals surface area contributed by atoms with Gasteiger partial charge in [-0.2, -0.15) is 13.2 Å². The van der Waals surface area contributed by atoms with Gasteiger partial charge in [0.15, 0.2) is 18.1 Å². The monoisotopic (exact) mass is 457 g/mol. The number of hydrogen-bond acceptors (Lipinski definition) is 5. The molecule has 0 amide bonds. The zero-order valence-corrected chi connectivity index (χ0v) is 16.7. The van der Waals surface area contributed by atoms with Crippen LogP contribution in [0.25, 0.3) is 0 Å². The van der Waals surface area contributed by atoms with Crippen LogP contribution in [0.4, 0.5) is 13.2 Å². The van der Waals surface area contributed by atoms with E-state index in [1.54, 1.807) is 18.2 Å². The number of rotatable bonds is 6. The average molecular weight is 457 g/mol. The minimum absolute atomic E-state index is 0.244. The smallest absolute Gasteiger partial charge is 0.416 e. The highest BCUT2D eigenvalue weighted by atomic mass is 32.2. The van der Waals surface area contributed by atoms with E-state index in [0.29, 0.717) is 30.2 Å². The summed E-state index contributed by atoms with van der Waals surface area (Å²) < 4.78 is 78.2. The van der Waals surface area contributed by atoms with Crippen LogP contribution in [0.1, 0.15) is 29.9 Å². The summed E-state index contributed by atoms with van der Waals surface area (Å²) in [7, 11) is -4.21. The molecule has 2 aromatic rings. The Kier molecular flexibility index (Phi) is 5.34. The molecule has 11 heteroatoms. The lowest BCUT2D eigenvalue weighted by Gasteiger charge is -2.20. The highest BCUT2D eigenvalue weighted by Gasteiger charge is 2.47. The van der Waals surface area contributed by atoms with Gasteiger partial charge in [-0.1, -0.05) is 18.2 Å². The molecule has 1 saturated carbocycles. The van der Waals surface area contributed by atoms with Gasteiger partial charge >= 0.3 is 12.1 Å². The Balaban J connectivity index is 1.59. The molecule has 0 saturated heterocycles. The van der Waals surface area contributed by atoms with Crippen molar-refractivity contribution in [3.8, 4) is 11.5 Å². The fourth-order valence-corrected chi connectivity index (χ4v) is 5.42. The van der Waals surface area contributed by atoms with E-state index in [1.165, 1.54) is 0 Å². The van der Waals surface area contributed by atoms with Gasteiger partial charge in [0, 0.05) is 17.5 Å². The molecule has 1 aliphatic carbocycles. The molecule has 1 aliphatic heterocycles. The number of carbonyl (C=O) groups is 1. The van der Waals surface area contributed by atoms with Gasteiger partial charge in [-0.15, -0.1) is 0 Å². The van der Waals surface area contributed by atoms with Crippen LogP contribution in [0.5, 0.6) is 11.5 Å². The molecule has 0 radical (unpaired) electrons. The molecule has 2 aliphatic rings. The van der Waals surface area contributed by atoms with Gasteiger partial charge in [0.05, 0.1) is 10.5 Å². The van der Waals surface area contributed by atoms with Crippen molar-refractivity contribution in [3.63, 3.8) is 0 Å². The quantitative estimate of drug-likeness (QED) is 0.691. The predicted molar refractivity (Wildman–Crippen MR) is 102 cm³/mol. The molecule has 1 heterocycles. The Hall–Kier alpha value is -2.79. The number of para-hydroxylation sites is 1. The first-order valence-electron chi connectivity index (χ1n) is 9.40. The first-order chi connectivity index (χ1) is 14.6. The van der Waals surface area contributed by atoms with Gasteiger partial charge < -0.3 is 14.6 Å². The molecule has 31 heavy (non-hydrogen) atoms. The van der Waals surface area contributed by atoms with Gasteiger partial charge in [-0.25, -0.2) is 17.9 Å². The zero-order valence-electron chi connectivity index (χ0n) is 15.9. The topological polar surface area (TPSA) is 102 Å². The lowest BCUT2D eigenvalue weighted by Crippen LogP contribution is -2.37. The second kappa shape index (κ2) is 7.72. The van der Waals surface area contributed by atoms with Gasteiger partial charge in [0.25, 0.3) is 0 Å². The molecule has 0 bridgehead atoms. The van der Waals surface area contributed by atoms with Crippen molar-refractivity contribution in [1.82, 2.24) is 4.72 Å². The predicted octanol–water partition coefficient (Wildman–Crippen LogP) is 3.15. The standard InChI is InChI=1S/C20H18F3NO6S/c21-20(22,23)11-3-1-4-12(9-11)31(27,28)24-14-7-8-15-18(14)13-5-2-6-16(19(13)30-15)29-10-17(25)26/h1-6,9,14-15,18,24H,7-8,10H2,(H,25,26). The summed E-state index contributed by atoms with van der Waals surface area (Å²) in [6, 6.07) is 7.93. The molecule has 1 fully saturated rings. The molecular weight excluding hydrogens is 439 g/mol. The summed E-state index contributed by atoms with van der Waals surface area (Å²) in [4.78, 5) is 10.3. The van der Waals surface area contributed by atoms with E-state index in [4.69, 9.17) is 14.6 Å². The van der Waals surface area contributed by atoms with Crippen LogP contribution in [0.15, 0.2) is 47.4 Å². The maximum Gasteiger partial charge on any atom is 0.416 e. The lowest BCUT2D eigenvalue weighted by atomic mass is 9.94. The van der Waals surface area contributed by atoms with Gasteiger partial charge in [0.1, 0.15) is 6.10 Å². The normalized spacial score (nSPS) is 22.5. The first kappa shape index (κ1) is 21.4. The third kappa shape index (κ3) is 4.19. The minimum atomic E-state index is -4.66. The molecule has 3 unspecified atom stereocenters. The van der Waals surface area contributed by atoms with E-state index >= 15 is 0 Å². The highest BCUT2D eigenvalue weighted by molar-refractivity contribution is 7.89. The largest absolute Gasteiger partial charge is 0.486 e. The number of alkyl halides is 3. The average Bonchev–Trinajstić information content (AvgIpc) is 3.26. The van der Waals surface area contributed by atoms with Crippen molar-refractivity contribution in [3.05, 3.63) is 53.6 Å². The number of fused-ring (bicyclic) bond motifs is 3. The summed E-state index contributed by atoms with van der Waals surface area (Å²) >= 11 is 0. The number of ether oxygens (including phenoxy) is 2. The molecule has 0 aromatic heterocycles. The Morgan fingerprint density at radius 2 is 1.94 bits per heavy atom. The number of benzene rings is 2. The van der Waals surface area contributed by atoms with Gasteiger partial charge in [0.2, 0.25) is 10.0 Å². The van der Waals surface area contributed by atoms with Crippen molar-refractivity contribution in [2.75, 3.05) is 6.61 Å². The molecule has 4 rings (SSSR count). The lowest BCUT2D eigenvalue weighted by molar-refractivity contribution is -0.139. The number of nitrogens with one attached hydrogen (secondary N) is 1. The third-order valence-electron chi connectivity index (χ3n) is 5.36. The number of hydrogen-bond donors (Lipinski definition) is 2. The van der Waals surface area contributed by atoms with Crippen molar-refractivity contribution < 1.29 is 41.0 Å². The number of carboxylic acids is 1. The van der Waals surface area contributed by atoms with Crippen molar-refractivity contribution in [2.24, 2.45) is 0 Å². The molecule has 3 atom stereocenters. The SMILES string of the molecule is O=C(O)COc1cccc2c1OC1CCC(NS(=O)(=O)c3cccc(C(F)(F)F)c3)C21. The zero-order chi connectivity index (χ0) is 22.4. The summed E-state index contributed by atoms with van der Waals surface area (Å²) in [6.45, 7) is -0.555. The highest BCUT2D eigenvalue weighted by Crippen LogP contribution is 2.51. The van der Waals surface area contributed by atoms with E-state index < -0.39 is 45.3 Å². The summed E-state index contributed by atoms with van der Waals surface area (Å²) in [5, 5.41) is 8.82. The third-order valence-corrected chi connectivity index (χ3v) is 6.85. The Bertz CT molecular complexity index is 1120. The fraction of sp³-hybridized carbons (Fsp3) is 0.350. The van der Waals surface area contributed by atoms with Crippen LogP contribution in [-0.4, -0.2) is 38.2 Å². The Labute approximate surface area is 175 Å².